The molecule has 0 bridgehead atoms. The Labute approximate surface area is 207 Å². The molecule has 0 unspecified atom stereocenters. The standard InChI is InChI=1S/C29H33O5P/c1-6-29(4,5)28(31)34-18-17-33-23-19-21(2)26(22(3)20-23)27(30)35(32,24-13-9-7-10-14-24)25-15-11-8-12-16-25/h7-16,19-20H,6,17-18H2,1-5H3. The van der Waals surface area contributed by atoms with E-state index in [9.17, 15) is 14.2 Å². The summed E-state index contributed by atoms with van der Waals surface area (Å²) in [5, 5.41) is 1.01. The highest BCUT2D eigenvalue weighted by atomic mass is 31.2. The Hall–Kier alpha value is -3.17. The summed E-state index contributed by atoms with van der Waals surface area (Å²) >= 11 is 0. The minimum atomic E-state index is -3.60. The van der Waals surface area contributed by atoms with Gasteiger partial charge in [0, 0.05) is 16.2 Å². The van der Waals surface area contributed by atoms with Crippen LogP contribution in [0.25, 0.3) is 0 Å². The lowest BCUT2D eigenvalue weighted by atomic mass is 9.91. The van der Waals surface area contributed by atoms with Crippen LogP contribution in [0.5, 0.6) is 5.75 Å². The Morgan fingerprint density at radius 3 is 1.77 bits per heavy atom. The SMILES string of the molecule is CCC(C)(C)C(=O)OCCOc1cc(C)c(C(=O)P(=O)(c2ccccc2)c2ccccc2)c(C)c1. The number of hydrogen-bond acceptors (Lipinski definition) is 5. The predicted octanol–water partition coefficient (Wildman–Crippen LogP) is 5.82. The van der Waals surface area contributed by atoms with Gasteiger partial charge in [0.15, 0.2) is 0 Å². The molecule has 3 aromatic rings. The zero-order valence-electron chi connectivity index (χ0n) is 21.0. The molecule has 0 fully saturated rings. The molecule has 0 N–H and O–H groups in total. The van der Waals surface area contributed by atoms with Gasteiger partial charge in [-0.25, -0.2) is 0 Å². The minimum absolute atomic E-state index is 0.137. The Kier molecular flexibility index (Phi) is 8.34. The number of benzene rings is 3. The van der Waals surface area contributed by atoms with Gasteiger partial charge in [0.2, 0.25) is 12.7 Å². The van der Waals surface area contributed by atoms with Crippen LogP contribution < -0.4 is 15.3 Å². The Morgan fingerprint density at radius 1 is 0.829 bits per heavy atom. The highest BCUT2D eigenvalue weighted by Crippen LogP contribution is 2.48. The largest absolute Gasteiger partial charge is 0.490 e. The van der Waals surface area contributed by atoms with Crippen molar-refractivity contribution in [2.75, 3.05) is 13.2 Å². The zero-order valence-corrected chi connectivity index (χ0v) is 21.9. The number of ether oxygens (including phenoxy) is 2. The topological polar surface area (TPSA) is 69.7 Å². The lowest BCUT2D eigenvalue weighted by Gasteiger charge is -2.21. The van der Waals surface area contributed by atoms with Crippen molar-refractivity contribution in [1.29, 1.82) is 0 Å². The average molecular weight is 493 g/mol. The summed E-state index contributed by atoms with van der Waals surface area (Å²) in [6, 6.07) is 21.4. The summed E-state index contributed by atoms with van der Waals surface area (Å²) in [6.07, 6.45) is 0.691. The minimum Gasteiger partial charge on any atom is -0.490 e. The second-order valence-corrected chi connectivity index (χ2v) is 11.9. The number of rotatable bonds is 10. The molecule has 0 spiro atoms. The first-order valence-corrected chi connectivity index (χ1v) is 13.5. The van der Waals surface area contributed by atoms with Crippen LogP contribution in [-0.2, 0) is 14.1 Å². The molecule has 6 heteroatoms. The van der Waals surface area contributed by atoms with Crippen molar-refractivity contribution in [3.63, 3.8) is 0 Å². The summed E-state index contributed by atoms with van der Waals surface area (Å²) in [4.78, 5) is 26.0. The van der Waals surface area contributed by atoms with E-state index < -0.39 is 18.1 Å². The van der Waals surface area contributed by atoms with E-state index in [0.717, 1.165) is 0 Å². The molecule has 5 nitrogen and oxygen atoms in total. The molecule has 3 rings (SSSR count). The van der Waals surface area contributed by atoms with Gasteiger partial charge in [0.05, 0.1) is 5.41 Å². The van der Waals surface area contributed by atoms with E-state index in [-0.39, 0.29) is 19.2 Å². The number of aryl methyl sites for hydroxylation is 2. The van der Waals surface area contributed by atoms with Crippen molar-refractivity contribution < 1.29 is 23.6 Å². The lowest BCUT2D eigenvalue weighted by molar-refractivity contribution is -0.154. The monoisotopic (exact) mass is 492 g/mol. The van der Waals surface area contributed by atoms with Crippen molar-refractivity contribution in [1.82, 2.24) is 0 Å². The molecule has 0 heterocycles. The van der Waals surface area contributed by atoms with E-state index in [0.29, 0.717) is 39.5 Å². The Balaban J connectivity index is 1.85. The summed E-state index contributed by atoms with van der Waals surface area (Å²) in [5.74, 6) is 0.311. The maximum atomic E-state index is 14.5. The summed E-state index contributed by atoms with van der Waals surface area (Å²) < 4.78 is 25.6. The van der Waals surface area contributed by atoms with Crippen molar-refractivity contribution >= 4 is 29.2 Å². The molecule has 0 saturated carbocycles. The third-order valence-electron chi connectivity index (χ3n) is 6.27. The fraction of sp³-hybridized carbons (Fsp3) is 0.310. The molecule has 0 aliphatic heterocycles. The van der Waals surface area contributed by atoms with Crippen LogP contribution in [0.4, 0.5) is 0 Å². The highest BCUT2D eigenvalue weighted by molar-refractivity contribution is 7.93. The number of carbonyl (C=O) groups is 2. The van der Waals surface area contributed by atoms with Gasteiger partial charge in [-0.15, -0.1) is 0 Å². The second-order valence-electron chi connectivity index (χ2n) is 9.24. The molecule has 0 saturated heterocycles. The molecule has 0 atom stereocenters. The molecular formula is C29H33O5P. The molecule has 0 aliphatic carbocycles. The number of esters is 1. The van der Waals surface area contributed by atoms with Crippen LogP contribution in [0.1, 0.15) is 48.7 Å². The van der Waals surface area contributed by atoms with Gasteiger partial charge in [0.1, 0.15) is 19.0 Å². The zero-order chi connectivity index (χ0) is 25.6. The normalized spacial score (nSPS) is 11.7. The first kappa shape index (κ1) is 26.4. The molecular weight excluding hydrogens is 459 g/mol. The molecule has 35 heavy (non-hydrogen) atoms. The van der Waals surface area contributed by atoms with Gasteiger partial charge < -0.3 is 14.0 Å². The van der Waals surface area contributed by atoms with Crippen molar-refractivity contribution in [3.8, 4) is 5.75 Å². The second kappa shape index (κ2) is 11.0. The molecule has 184 valence electrons. The first-order valence-electron chi connectivity index (χ1n) is 11.8. The van der Waals surface area contributed by atoms with Crippen LogP contribution >= 0.6 is 7.14 Å². The third-order valence-corrected chi connectivity index (χ3v) is 9.11. The van der Waals surface area contributed by atoms with Gasteiger partial charge in [-0.3, -0.25) is 9.59 Å². The van der Waals surface area contributed by atoms with E-state index in [1.165, 1.54) is 0 Å². The van der Waals surface area contributed by atoms with Gasteiger partial charge >= 0.3 is 5.97 Å². The third kappa shape index (κ3) is 5.74. The fourth-order valence-corrected chi connectivity index (χ4v) is 6.41. The van der Waals surface area contributed by atoms with Crippen molar-refractivity contribution in [3.05, 3.63) is 89.5 Å². The Morgan fingerprint density at radius 2 is 1.31 bits per heavy atom. The molecule has 0 amide bonds. The van der Waals surface area contributed by atoms with Crippen LogP contribution in [-0.4, -0.2) is 24.7 Å². The van der Waals surface area contributed by atoms with E-state index in [1.54, 1.807) is 60.7 Å². The maximum Gasteiger partial charge on any atom is 0.311 e. The maximum absolute atomic E-state index is 14.5. The van der Waals surface area contributed by atoms with E-state index in [2.05, 4.69) is 0 Å². The van der Waals surface area contributed by atoms with Crippen LogP contribution in [0.3, 0.4) is 0 Å². The van der Waals surface area contributed by atoms with E-state index >= 15 is 0 Å². The number of carbonyl (C=O) groups excluding carboxylic acids is 2. The van der Waals surface area contributed by atoms with Crippen LogP contribution in [0, 0.1) is 19.3 Å². The first-order chi connectivity index (χ1) is 16.6. The number of hydrogen-bond donors (Lipinski definition) is 0. The van der Waals surface area contributed by atoms with Gasteiger partial charge in [-0.1, -0.05) is 67.6 Å². The highest BCUT2D eigenvalue weighted by Gasteiger charge is 2.38. The smallest absolute Gasteiger partial charge is 0.311 e. The molecule has 3 aromatic carbocycles. The molecule has 0 radical (unpaired) electrons. The summed E-state index contributed by atoms with van der Waals surface area (Å²) in [5.41, 5.74) is 0.875. The molecule has 0 aliphatic rings. The van der Waals surface area contributed by atoms with Crippen molar-refractivity contribution in [2.24, 2.45) is 5.41 Å². The van der Waals surface area contributed by atoms with E-state index in [4.69, 9.17) is 9.47 Å². The predicted molar refractivity (Wildman–Crippen MR) is 141 cm³/mol. The average Bonchev–Trinajstić information content (AvgIpc) is 2.86. The quantitative estimate of drug-likeness (QED) is 0.203. The summed E-state index contributed by atoms with van der Waals surface area (Å²) in [6.45, 7) is 9.61. The van der Waals surface area contributed by atoms with E-state index in [1.807, 2.05) is 46.8 Å². The van der Waals surface area contributed by atoms with Crippen LogP contribution in [0.15, 0.2) is 72.8 Å². The summed E-state index contributed by atoms with van der Waals surface area (Å²) in [7, 11) is -3.60. The van der Waals surface area contributed by atoms with Gasteiger partial charge in [-0.2, -0.15) is 0 Å². The molecule has 0 aromatic heterocycles. The van der Waals surface area contributed by atoms with Crippen molar-refractivity contribution in [2.45, 2.75) is 41.0 Å². The van der Waals surface area contributed by atoms with Gasteiger partial charge in [0.25, 0.3) is 0 Å². The lowest BCUT2D eigenvalue weighted by Crippen LogP contribution is -2.27. The van der Waals surface area contributed by atoms with Gasteiger partial charge in [-0.05, 0) is 57.4 Å². The Bertz CT molecular complexity index is 1170. The fourth-order valence-electron chi connectivity index (χ4n) is 3.79. The van der Waals surface area contributed by atoms with Crippen LogP contribution in [0.2, 0.25) is 0 Å².